The molecule has 0 aromatic carbocycles. The normalized spacial score (nSPS) is 16.6. The van der Waals surface area contributed by atoms with Gasteiger partial charge < -0.3 is 5.32 Å². The smallest absolute Gasteiger partial charge is 0.245 e. The molecule has 0 bridgehead atoms. The Morgan fingerprint density at radius 2 is 1.94 bits per heavy atom. The standard InChI is InChI=1S/C10H14Cl2N4/c11-8-9(14-10(12)16-15-8)13-6-5-7-3-1-2-4-7/h7H,1-6H2,(H,13,14,16). The summed E-state index contributed by atoms with van der Waals surface area (Å²) in [6.45, 7) is 0.861. The fraction of sp³-hybridized carbons (Fsp3) is 0.700. The molecule has 0 amide bonds. The fourth-order valence-electron chi connectivity index (χ4n) is 2.10. The first-order chi connectivity index (χ1) is 7.75. The van der Waals surface area contributed by atoms with E-state index >= 15 is 0 Å². The van der Waals surface area contributed by atoms with Gasteiger partial charge in [-0.25, -0.2) is 0 Å². The molecule has 0 aliphatic heterocycles. The third-order valence-corrected chi connectivity index (χ3v) is 3.35. The molecule has 1 aromatic heterocycles. The highest BCUT2D eigenvalue weighted by atomic mass is 35.5. The van der Waals surface area contributed by atoms with Crippen molar-refractivity contribution in [3.05, 3.63) is 10.4 Å². The van der Waals surface area contributed by atoms with Crippen molar-refractivity contribution in [3.63, 3.8) is 0 Å². The molecule has 0 saturated heterocycles. The lowest BCUT2D eigenvalue weighted by atomic mass is 10.0. The average Bonchev–Trinajstić information content (AvgIpc) is 2.76. The van der Waals surface area contributed by atoms with Gasteiger partial charge >= 0.3 is 0 Å². The van der Waals surface area contributed by atoms with Crippen LogP contribution in [0.2, 0.25) is 10.4 Å². The van der Waals surface area contributed by atoms with Crippen LogP contribution in [0, 0.1) is 5.92 Å². The van der Waals surface area contributed by atoms with Gasteiger partial charge in [0.15, 0.2) is 11.0 Å². The van der Waals surface area contributed by atoms with E-state index in [9.17, 15) is 0 Å². The van der Waals surface area contributed by atoms with Crippen LogP contribution >= 0.6 is 23.2 Å². The van der Waals surface area contributed by atoms with Crippen molar-refractivity contribution in [2.45, 2.75) is 32.1 Å². The van der Waals surface area contributed by atoms with Gasteiger partial charge in [0.05, 0.1) is 0 Å². The van der Waals surface area contributed by atoms with Gasteiger partial charge in [0.2, 0.25) is 5.28 Å². The molecule has 16 heavy (non-hydrogen) atoms. The number of hydrogen-bond donors (Lipinski definition) is 1. The van der Waals surface area contributed by atoms with Gasteiger partial charge in [-0.15, -0.1) is 10.2 Å². The van der Waals surface area contributed by atoms with Crippen molar-refractivity contribution >= 4 is 29.0 Å². The summed E-state index contributed by atoms with van der Waals surface area (Å²) in [5.74, 6) is 1.37. The maximum Gasteiger partial charge on any atom is 0.245 e. The van der Waals surface area contributed by atoms with Crippen LogP contribution in [0.5, 0.6) is 0 Å². The average molecular weight is 261 g/mol. The Hall–Kier alpha value is -0.610. The quantitative estimate of drug-likeness (QED) is 0.904. The molecule has 0 unspecified atom stereocenters. The van der Waals surface area contributed by atoms with Crippen LogP contribution in [0.3, 0.4) is 0 Å². The number of nitrogens with zero attached hydrogens (tertiary/aromatic N) is 3. The van der Waals surface area contributed by atoms with E-state index < -0.39 is 0 Å². The van der Waals surface area contributed by atoms with E-state index in [1.54, 1.807) is 0 Å². The lowest BCUT2D eigenvalue weighted by Crippen LogP contribution is -2.09. The van der Waals surface area contributed by atoms with Crippen LogP contribution in [0.4, 0.5) is 5.82 Å². The molecule has 1 heterocycles. The SMILES string of the molecule is Clc1nnc(Cl)c(NCCC2CCCC2)n1. The minimum absolute atomic E-state index is 0.118. The van der Waals surface area contributed by atoms with Crippen molar-refractivity contribution in [2.75, 3.05) is 11.9 Å². The first-order valence-electron chi connectivity index (χ1n) is 5.55. The van der Waals surface area contributed by atoms with Gasteiger partial charge in [-0.2, -0.15) is 4.98 Å². The Labute approximate surface area is 105 Å². The van der Waals surface area contributed by atoms with E-state index in [0.717, 1.165) is 18.9 Å². The Balaban J connectivity index is 1.82. The number of anilines is 1. The molecular formula is C10H14Cl2N4. The third-order valence-electron chi connectivity index (χ3n) is 2.94. The van der Waals surface area contributed by atoms with E-state index in [-0.39, 0.29) is 10.4 Å². The summed E-state index contributed by atoms with van der Waals surface area (Å²) in [4.78, 5) is 3.99. The van der Waals surface area contributed by atoms with Crippen LogP contribution in [0.1, 0.15) is 32.1 Å². The van der Waals surface area contributed by atoms with Gasteiger partial charge in [-0.05, 0) is 23.9 Å². The van der Waals surface area contributed by atoms with Gasteiger partial charge in [0.1, 0.15) is 0 Å². The lowest BCUT2D eigenvalue weighted by molar-refractivity contribution is 0.518. The molecular weight excluding hydrogens is 247 g/mol. The van der Waals surface area contributed by atoms with Crippen molar-refractivity contribution in [1.29, 1.82) is 0 Å². The van der Waals surface area contributed by atoms with Crippen molar-refractivity contribution in [2.24, 2.45) is 5.92 Å². The fourth-order valence-corrected chi connectivity index (χ4v) is 2.37. The molecule has 1 saturated carbocycles. The molecule has 2 rings (SSSR count). The summed E-state index contributed by atoms with van der Waals surface area (Å²) in [6, 6.07) is 0. The number of hydrogen-bond acceptors (Lipinski definition) is 4. The second-order valence-electron chi connectivity index (χ2n) is 4.09. The van der Waals surface area contributed by atoms with Crippen LogP contribution in [-0.2, 0) is 0 Å². The molecule has 4 nitrogen and oxygen atoms in total. The first-order valence-corrected chi connectivity index (χ1v) is 6.31. The highest BCUT2D eigenvalue weighted by molar-refractivity contribution is 6.32. The lowest BCUT2D eigenvalue weighted by Gasteiger charge is -2.10. The Kier molecular flexibility index (Phi) is 4.18. The molecule has 0 radical (unpaired) electrons. The monoisotopic (exact) mass is 260 g/mol. The predicted octanol–water partition coefficient (Wildman–Crippen LogP) is 3.17. The Bertz CT molecular complexity index is 353. The number of aromatic nitrogens is 3. The Morgan fingerprint density at radius 1 is 1.19 bits per heavy atom. The minimum Gasteiger partial charge on any atom is -0.367 e. The molecule has 0 spiro atoms. The summed E-state index contributed by atoms with van der Waals surface area (Å²) in [5, 5.41) is 10.8. The second-order valence-corrected chi connectivity index (χ2v) is 4.78. The molecule has 1 N–H and O–H groups in total. The minimum atomic E-state index is 0.118. The van der Waals surface area contributed by atoms with Crippen LogP contribution in [0.25, 0.3) is 0 Å². The van der Waals surface area contributed by atoms with E-state index in [4.69, 9.17) is 23.2 Å². The van der Waals surface area contributed by atoms with Crippen LogP contribution in [-0.4, -0.2) is 21.7 Å². The van der Waals surface area contributed by atoms with Crippen molar-refractivity contribution in [3.8, 4) is 0 Å². The molecule has 6 heteroatoms. The predicted molar refractivity (Wildman–Crippen MR) is 64.9 cm³/mol. The molecule has 0 atom stereocenters. The summed E-state index contributed by atoms with van der Waals surface area (Å²) >= 11 is 11.5. The van der Waals surface area contributed by atoms with Gasteiger partial charge in [-0.3, -0.25) is 0 Å². The van der Waals surface area contributed by atoms with Crippen molar-refractivity contribution < 1.29 is 0 Å². The molecule has 1 aliphatic carbocycles. The highest BCUT2D eigenvalue weighted by Gasteiger charge is 2.14. The van der Waals surface area contributed by atoms with E-state index in [0.29, 0.717) is 5.82 Å². The zero-order valence-corrected chi connectivity index (χ0v) is 10.4. The van der Waals surface area contributed by atoms with Crippen LogP contribution < -0.4 is 5.32 Å². The maximum atomic E-state index is 5.83. The summed E-state index contributed by atoms with van der Waals surface area (Å²) in [7, 11) is 0. The third kappa shape index (κ3) is 3.19. The molecule has 88 valence electrons. The summed E-state index contributed by atoms with van der Waals surface area (Å²) in [6.07, 6.45) is 6.58. The zero-order chi connectivity index (χ0) is 11.4. The largest absolute Gasteiger partial charge is 0.367 e. The zero-order valence-electron chi connectivity index (χ0n) is 8.92. The molecule has 1 aromatic rings. The van der Waals surface area contributed by atoms with Crippen LogP contribution in [0.15, 0.2) is 0 Å². The summed E-state index contributed by atoms with van der Waals surface area (Å²) in [5.41, 5.74) is 0. The van der Waals surface area contributed by atoms with Gasteiger partial charge in [-0.1, -0.05) is 37.3 Å². The first kappa shape index (κ1) is 11.9. The second kappa shape index (κ2) is 5.64. The van der Waals surface area contributed by atoms with Crippen molar-refractivity contribution in [1.82, 2.24) is 15.2 Å². The van der Waals surface area contributed by atoms with Gasteiger partial charge in [0.25, 0.3) is 0 Å². The number of halogens is 2. The van der Waals surface area contributed by atoms with Gasteiger partial charge in [0, 0.05) is 6.54 Å². The topological polar surface area (TPSA) is 50.7 Å². The maximum absolute atomic E-state index is 5.83. The number of rotatable bonds is 4. The highest BCUT2D eigenvalue weighted by Crippen LogP contribution is 2.27. The molecule has 1 aliphatic rings. The van der Waals surface area contributed by atoms with E-state index in [2.05, 4.69) is 20.5 Å². The van der Waals surface area contributed by atoms with E-state index in [1.165, 1.54) is 25.7 Å². The number of nitrogens with one attached hydrogen (secondary N) is 1. The Morgan fingerprint density at radius 3 is 2.69 bits per heavy atom. The summed E-state index contributed by atoms with van der Waals surface area (Å²) < 4.78 is 0. The molecule has 1 fully saturated rings. The van der Waals surface area contributed by atoms with E-state index in [1.807, 2.05) is 0 Å².